The van der Waals surface area contributed by atoms with Gasteiger partial charge in [0, 0.05) is 45.7 Å². The Balaban J connectivity index is 1.36. The molecule has 5 heterocycles. The number of fused-ring (bicyclic) bond motifs is 1. The Hall–Kier alpha value is -1.97. The minimum atomic E-state index is -0.0723. The van der Waals surface area contributed by atoms with Crippen LogP contribution in [0.2, 0.25) is 0 Å². The first-order chi connectivity index (χ1) is 14.7. The Morgan fingerprint density at radius 3 is 2.77 bits per heavy atom. The summed E-state index contributed by atoms with van der Waals surface area (Å²) in [4.78, 5) is 24.0. The zero-order valence-corrected chi connectivity index (χ0v) is 18.1. The number of likely N-dealkylation sites (tertiary alicyclic amines) is 1. The summed E-state index contributed by atoms with van der Waals surface area (Å²) in [5.74, 6) is 0.899. The molecule has 0 aliphatic carbocycles. The van der Waals surface area contributed by atoms with Gasteiger partial charge in [0.15, 0.2) is 5.13 Å². The number of pyridine rings is 1. The van der Waals surface area contributed by atoms with Gasteiger partial charge >= 0.3 is 6.03 Å². The smallest absolute Gasteiger partial charge is 0.323 e. The predicted octanol–water partition coefficient (Wildman–Crippen LogP) is 3.63. The predicted molar refractivity (Wildman–Crippen MR) is 114 cm³/mol. The number of thiazole rings is 1. The Bertz CT molecular complexity index is 921. The molecule has 3 saturated heterocycles. The van der Waals surface area contributed by atoms with Crippen molar-refractivity contribution < 1.29 is 19.0 Å². The highest BCUT2D eigenvalue weighted by molar-refractivity contribution is 7.22. The van der Waals surface area contributed by atoms with Crippen LogP contribution in [0.5, 0.6) is 5.88 Å². The third kappa shape index (κ3) is 3.74. The number of hydrogen-bond donors (Lipinski definition) is 1. The number of nitrogens with one attached hydrogen (secondary N) is 1. The maximum Gasteiger partial charge on any atom is 0.323 e. The first-order valence-corrected chi connectivity index (χ1v) is 11.5. The second-order valence-electron chi connectivity index (χ2n) is 8.52. The number of carbonyl (C=O) groups is 1. The molecule has 9 heteroatoms. The van der Waals surface area contributed by atoms with E-state index in [1.165, 1.54) is 16.9 Å². The molecule has 1 N–H and O–H groups in total. The third-order valence-electron chi connectivity index (χ3n) is 6.76. The Morgan fingerprint density at radius 1 is 1.23 bits per heavy atom. The largest absolute Gasteiger partial charge is 0.479 e. The molecule has 0 bridgehead atoms. The zero-order chi connectivity index (χ0) is 20.6. The summed E-state index contributed by atoms with van der Waals surface area (Å²) < 4.78 is 17.5. The van der Waals surface area contributed by atoms with E-state index >= 15 is 0 Å². The van der Waals surface area contributed by atoms with Gasteiger partial charge < -0.3 is 19.1 Å². The van der Waals surface area contributed by atoms with Crippen molar-refractivity contribution in [2.75, 3.05) is 51.9 Å². The Morgan fingerprint density at radius 2 is 2.00 bits per heavy atom. The molecule has 3 aliphatic rings. The number of ether oxygens (including phenoxy) is 3. The molecule has 8 nitrogen and oxygen atoms in total. The topological polar surface area (TPSA) is 85.8 Å². The molecular formula is C21H28N4O4S. The molecule has 30 heavy (non-hydrogen) atoms. The molecule has 5 rings (SSSR count). The van der Waals surface area contributed by atoms with E-state index in [1.54, 1.807) is 7.11 Å². The molecule has 162 valence electrons. The van der Waals surface area contributed by atoms with Crippen molar-refractivity contribution in [1.29, 1.82) is 0 Å². The van der Waals surface area contributed by atoms with Crippen molar-refractivity contribution in [2.24, 2.45) is 5.41 Å². The molecule has 1 spiro atoms. The minimum absolute atomic E-state index is 0.0723. The normalized spacial score (nSPS) is 22.0. The fourth-order valence-corrected chi connectivity index (χ4v) is 5.94. The van der Waals surface area contributed by atoms with Crippen molar-refractivity contribution in [3.63, 3.8) is 0 Å². The Labute approximate surface area is 179 Å². The van der Waals surface area contributed by atoms with Gasteiger partial charge in [-0.05, 0) is 49.0 Å². The fourth-order valence-electron chi connectivity index (χ4n) is 4.90. The van der Waals surface area contributed by atoms with Gasteiger partial charge in [0.1, 0.15) is 5.52 Å². The number of hydrogen-bond acceptors (Lipinski definition) is 7. The molecule has 0 aromatic carbocycles. The van der Waals surface area contributed by atoms with E-state index in [9.17, 15) is 4.79 Å². The van der Waals surface area contributed by atoms with E-state index < -0.39 is 0 Å². The van der Waals surface area contributed by atoms with Crippen molar-refractivity contribution >= 4 is 32.7 Å². The first-order valence-electron chi connectivity index (χ1n) is 10.7. The monoisotopic (exact) mass is 432 g/mol. The molecule has 2 aromatic heterocycles. The van der Waals surface area contributed by atoms with Crippen LogP contribution in [0.4, 0.5) is 9.93 Å². The minimum Gasteiger partial charge on any atom is -0.479 e. The average molecular weight is 433 g/mol. The molecule has 3 aliphatic heterocycles. The number of aromatic nitrogens is 2. The number of amides is 2. The number of urea groups is 1. The first kappa shape index (κ1) is 20.0. The molecule has 0 atom stereocenters. The highest BCUT2D eigenvalue weighted by Gasteiger charge is 2.41. The van der Waals surface area contributed by atoms with Gasteiger partial charge in [-0.3, -0.25) is 5.32 Å². The SMILES string of the molecule is COc1ncc(C2CCOCC2)c2sc(NC(=O)N3CCC4(CCOCC4)C3)nc12. The standard InChI is InChI=1S/C21H28N4O4S/c1-27-18-16-17(15(12-22-18)14-2-8-28-9-3-14)30-19(23-16)24-20(26)25-7-4-21(13-25)5-10-29-11-6-21/h12,14H,2-11,13H2,1H3,(H,23,24,26). The van der Waals surface area contributed by atoms with Gasteiger partial charge in [0.05, 0.1) is 11.8 Å². The highest BCUT2D eigenvalue weighted by atomic mass is 32.1. The number of rotatable bonds is 3. The van der Waals surface area contributed by atoms with Crippen LogP contribution in [-0.4, -0.2) is 67.5 Å². The van der Waals surface area contributed by atoms with Crippen LogP contribution in [-0.2, 0) is 9.47 Å². The van der Waals surface area contributed by atoms with Crippen LogP contribution in [0.1, 0.15) is 43.6 Å². The molecular weight excluding hydrogens is 404 g/mol. The summed E-state index contributed by atoms with van der Waals surface area (Å²) in [6.07, 6.45) is 6.97. The number of methoxy groups -OCH3 is 1. The van der Waals surface area contributed by atoms with Crippen molar-refractivity contribution in [1.82, 2.24) is 14.9 Å². The lowest BCUT2D eigenvalue weighted by molar-refractivity contribution is 0.0211. The van der Waals surface area contributed by atoms with Crippen LogP contribution >= 0.6 is 11.3 Å². The van der Waals surface area contributed by atoms with E-state index in [0.29, 0.717) is 16.9 Å². The van der Waals surface area contributed by atoms with Crippen LogP contribution < -0.4 is 10.1 Å². The van der Waals surface area contributed by atoms with Gasteiger partial charge in [-0.1, -0.05) is 11.3 Å². The van der Waals surface area contributed by atoms with Crippen molar-refractivity contribution in [3.05, 3.63) is 11.8 Å². The van der Waals surface area contributed by atoms with Gasteiger partial charge in [0.25, 0.3) is 0 Å². The van der Waals surface area contributed by atoms with E-state index in [1.807, 2.05) is 11.1 Å². The van der Waals surface area contributed by atoms with Gasteiger partial charge in [-0.2, -0.15) is 0 Å². The molecule has 2 aromatic rings. The maximum atomic E-state index is 12.9. The van der Waals surface area contributed by atoms with Gasteiger partial charge in [0.2, 0.25) is 5.88 Å². The second-order valence-corrected chi connectivity index (χ2v) is 9.52. The summed E-state index contributed by atoms with van der Waals surface area (Å²) >= 11 is 1.51. The summed E-state index contributed by atoms with van der Waals surface area (Å²) in [7, 11) is 1.60. The molecule has 2 amide bonds. The van der Waals surface area contributed by atoms with Crippen LogP contribution in [0.25, 0.3) is 10.2 Å². The Kier molecular flexibility index (Phi) is 5.51. The van der Waals surface area contributed by atoms with Crippen molar-refractivity contribution in [2.45, 2.75) is 38.0 Å². The van der Waals surface area contributed by atoms with E-state index in [4.69, 9.17) is 14.2 Å². The maximum absolute atomic E-state index is 12.9. The van der Waals surface area contributed by atoms with E-state index in [2.05, 4.69) is 15.3 Å². The summed E-state index contributed by atoms with van der Waals surface area (Å²) in [5.41, 5.74) is 2.13. The van der Waals surface area contributed by atoms with Crippen LogP contribution in [0, 0.1) is 5.41 Å². The van der Waals surface area contributed by atoms with Crippen LogP contribution in [0.3, 0.4) is 0 Å². The summed E-state index contributed by atoms with van der Waals surface area (Å²) in [5, 5.41) is 3.63. The number of anilines is 1. The van der Waals surface area contributed by atoms with Crippen LogP contribution in [0.15, 0.2) is 6.20 Å². The lowest BCUT2D eigenvalue weighted by atomic mass is 9.80. The molecule has 0 radical (unpaired) electrons. The van der Waals surface area contributed by atoms with E-state index in [0.717, 1.165) is 81.8 Å². The summed E-state index contributed by atoms with van der Waals surface area (Å²) in [6.45, 7) is 4.72. The third-order valence-corrected chi connectivity index (χ3v) is 7.78. The van der Waals surface area contributed by atoms with Gasteiger partial charge in [-0.15, -0.1) is 0 Å². The lowest BCUT2D eigenvalue weighted by Crippen LogP contribution is -2.37. The lowest BCUT2D eigenvalue weighted by Gasteiger charge is -2.33. The number of carbonyl (C=O) groups excluding carboxylic acids is 1. The quantitative estimate of drug-likeness (QED) is 0.797. The second kappa shape index (κ2) is 8.28. The zero-order valence-electron chi connectivity index (χ0n) is 17.3. The fraction of sp³-hybridized carbons (Fsp3) is 0.667. The molecule has 3 fully saturated rings. The highest BCUT2D eigenvalue weighted by Crippen LogP contribution is 2.41. The molecule has 0 unspecified atom stereocenters. The van der Waals surface area contributed by atoms with Crippen molar-refractivity contribution in [3.8, 4) is 5.88 Å². The molecule has 0 saturated carbocycles. The number of nitrogens with zero attached hydrogens (tertiary/aromatic N) is 3. The summed E-state index contributed by atoms with van der Waals surface area (Å²) in [6, 6.07) is -0.0723. The average Bonchev–Trinajstić information content (AvgIpc) is 3.38. The van der Waals surface area contributed by atoms with E-state index in [-0.39, 0.29) is 11.4 Å². The van der Waals surface area contributed by atoms with Gasteiger partial charge in [-0.25, -0.2) is 14.8 Å².